The molecule has 3 rings (SSSR count). The van der Waals surface area contributed by atoms with Crippen LogP contribution in [0.1, 0.15) is 32.8 Å². The van der Waals surface area contributed by atoms with E-state index in [0.717, 1.165) is 22.9 Å². The maximum absolute atomic E-state index is 9.05. The average molecular weight is 332 g/mol. The molecular formula is C21H20N2S. The van der Waals surface area contributed by atoms with Crippen molar-refractivity contribution in [2.24, 2.45) is 0 Å². The molecule has 0 radical (unpaired) electrons. The molecule has 2 nitrogen and oxygen atoms in total. The van der Waals surface area contributed by atoms with Crippen LogP contribution in [-0.4, -0.2) is 9.73 Å². The van der Waals surface area contributed by atoms with Gasteiger partial charge in [0.1, 0.15) is 0 Å². The van der Waals surface area contributed by atoms with Crippen LogP contribution in [0.2, 0.25) is 0 Å². The summed E-state index contributed by atoms with van der Waals surface area (Å²) in [6.45, 7) is 6.76. The molecule has 0 amide bonds. The summed E-state index contributed by atoms with van der Waals surface area (Å²) in [7, 11) is 0. The lowest BCUT2D eigenvalue weighted by Crippen LogP contribution is -2.12. The second-order valence-electron chi connectivity index (χ2n) is 6.41. The normalized spacial score (nSPS) is 11.4. The molecule has 0 aliphatic heterocycles. The zero-order chi connectivity index (χ0) is 17.2. The van der Waals surface area contributed by atoms with Crippen LogP contribution in [0.15, 0.2) is 59.6 Å². The smallest absolute Gasteiger partial charge is 0.0991 e. The molecule has 3 aromatic rings. The van der Waals surface area contributed by atoms with Crippen LogP contribution in [-0.2, 0) is 0 Å². The first kappa shape index (κ1) is 16.5. The van der Waals surface area contributed by atoms with Gasteiger partial charge in [-0.1, -0.05) is 39.0 Å². The van der Waals surface area contributed by atoms with Crippen LogP contribution in [0, 0.1) is 11.3 Å². The van der Waals surface area contributed by atoms with Gasteiger partial charge in [0.15, 0.2) is 0 Å². The Kier molecular flexibility index (Phi) is 4.59. The van der Waals surface area contributed by atoms with Crippen LogP contribution >= 0.6 is 11.8 Å². The standard InChI is InChI=1S/C21H20N2S/c1-4-21(2,3)24-19-12-11-18-17(6-5-13-23-18)20(19)16-9-7-15(14-22)8-10-16/h5-13H,4H2,1-3H3. The van der Waals surface area contributed by atoms with E-state index in [9.17, 15) is 0 Å². The highest BCUT2D eigenvalue weighted by Gasteiger charge is 2.20. The van der Waals surface area contributed by atoms with E-state index in [0.29, 0.717) is 5.56 Å². The number of hydrogen-bond acceptors (Lipinski definition) is 3. The van der Waals surface area contributed by atoms with E-state index in [1.54, 1.807) is 0 Å². The van der Waals surface area contributed by atoms with Crippen LogP contribution in [0.5, 0.6) is 0 Å². The van der Waals surface area contributed by atoms with Crippen molar-refractivity contribution in [1.29, 1.82) is 5.26 Å². The second kappa shape index (κ2) is 6.67. The zero-order valence-corrected chi connectivity index (χ0v) is 15.0. The monoisotopic (exact) mass is 332 g/mol. The van der Waals surface area contributed by atoms with Gasteiger partial charge < -0.3 is 0 Å². The molecule has 2 aromatic carbocycles. The van der Waals surface area contributed by atoms with Crippen molar-refractivity contribution in [2.75, 3.05) is 0 Å². The van der Waals surface area contributed by atoms with E-state index >= 15 is 0 Å². The van der Waals surface area contributed by atoms with Gasteiger partial charge in [0.05, 0.1) is 17.1 Å². The largest absolute Gasteiger partial charge is 0.256 e. The summed E-state index contributed by atoms with van der Waals surface area (Å²) in [5.74, 6) is 0. The summed E-state index contributed by atoms with van der Waals surface area (Å²) in [5, 5.41) is 10.2. The third-order valence-electron chi connectivity index (χ3n) is 4.29. The Hall–Kier alpha value is -2.31. The van der Waals surface area contributed by atoms with E-state index in [4.69, 9.17) is 5.26 Å². The fourth-order valence-electron chi connectivity index (χ4n) is 2.60. The highest BCUT2D eigenvalue weighted by atomic mass is 32.2. The Morgan fingerprint density at radius 3 is 2.50 bits per heavy atom. The highest BCUT2D eigenvalue weighted by Crippen LogP contribution is 2.43. The molecule has 0 spiro atoms. The van der Waals surface area contributed by atoms with E-state index in [1.807, 2.05) is 48.3 Å². The summed E-state index contributed by atoms with van der Waals surface area (Å²) in [5.41, 5.74) is 4.01. The van der Waals surface area contributed by atoms with Gasteiger partial charge in [-0.05, 0) is 42.3 Å². The molecule has 0 fully saturated rings. The molecule has 3 heteroatoms. The molecule has 0 saturated carbocycles. The first-order chi connectivity index (χ1) is 11.5. The SMILES string of the molecule is CCC(C)(C)Sc1ccc2ncccc2c1-c1ccc(C#N)cc1. The lowest BCUT2D eigenvalue weighted by molar-refractivity contribution is 0.685. The fraction of sp³-hybridized carbons (Fsp3) is 0.238. The molecule has 120 valence electrons. The summed E-state index contributed by atoms with van der Waals surface area (Å²) in [6.07, 6.45) is 2.92. The van der Waals surface area contributed by atoms with Crippen LogP contribution in [0.3, 0.4) is 0 Å². The first-order valence-electron chi connectivity index (χ1n) is 8.11. The highest BCUT2D eigenvalue weighted by molar-refractivity contribution is 8.00. The van der Waals surface area contributed by atoms with Crippen molar-refractivity contribution in [3.05, 3.63) is 60.3 Å². The summed E-state index contributed by atoms with van der Waals surface area (Å²) < 4.78 is 0.164. The van der Waals surface area contributed by atoms with Gasteiger partial charge in [-0.2, -0.15) is 5.26 Å². The van der Waals surface area contributed by atoms with Gasteiger partial charge in [0.25, 0.3) is 0 Å². The van der Waals surface area contributed by atoms with Crippen molar-refractivity contribution in [2.45, 2.75) is 36.8 Å². The molecule has 0 atom stereocenters. The lowest BCUT2D eigenvalue weighted by Gasteiger charge is -2.24. The van der Waals surface area contributed by atoms with Crippen molar-refractivity contribution in [3.63, 3.8) is 0 Å². The second-order valence-corrected chi connectivity index (χ2v) is 8.16. The first-order valence-corrected chi connectivity index (χ1v) is 8.93. The van der Waals surface area contributed by atoms with Gasteiger partial charge in [-0.3, -0.25) is 4.98 Å². The van der Waals surface area contributed by atoms with Gasteiger partial charge in [0.2, 0.25) is 0 Å². The zero-order valence-electron chi connectivity index (χ0n) is 14.2. The Labute approximate surface area is 147 Å². The van der Waals surface area contributed by atoms with Crippen molar-refractivity contribution < 1.29 is 0 Å². The number of hydrogen-bond donors (Lipinski definition) is 0. The topological polar surface area (TPSA) is 36.7 Å². The summed E-state index contributed by atoms with van der Waals surface area (Å²) >= 11 is 1.90. The van der Waals surface area contributed by atoms with Crippen molar-refractivity contribution in [1.82, 2.24) is 4.98 Å². The van der Waals surface area contributed by atoms with Crippen LogP contribution < -0.4 is 0 Å². The minimum Gasteiger partial charge on any atom is -0.256 e. The van der Waals surface area contributed by atoms with E-state index < -0.39 is 0 Å². The van der Waals surface area contributed by atoms with E-state index in [2.05, 4.69) is 50.0 Å². The molecule has 0 aliphatic rings. The van der Waals surface area contributed by atoms with Crippen molar-refractivity contribution in [3.8, 4) is 17.2 Å². The Bertz CT molecular complexity index is 905. The van der Waals surface area contributed by atoms with Crippen LogP contribution in [0.4, 0.5) is 0 Å². The number of thioether (sulfide) groups is 1. The van der Waals surface area contributed by atoms with Gasteiger partial charge in [-0.25, -0.2) is 0 Å². The van der Waals surface area contributed by atoms with Crippen LogP contribution in [0.25, 0.3) is 22.0 Å². The molecule has 0 saturated heterocycles. The number of fused-ring (bicyclic) bond motifs is 1. The molecule has 0 unspecified atom stereocenters. The average Bonchev–Trinajstić information content (AvgIpc) is 2.61. The molecule has 0 bridgehead atoms. The Morgan fingerprint density at radius 1 is 1.08 bits per heavy atom. The van der Waals surface area contributed by atoms with E-state index in [1.165, 1.54) is 10.5 Å². The number of nitriles is 1. The minimum atomic E-state index is 0.164. The van der Waals surface area contributed by atoms with E-state index in [-0.39, 0.29) is 4.75 Å². The molecule has 0 N–H and O–H groups in total. The maximum Gasteiger partial charge on any atom is 0.0991 e. The number of aromatic nitrogens is 1. The maximum atomic E-state index is 9.05. The summed E-state index contributed by atoms with van der Waals surface area (Å²) in [4.78, 5) is 5.75. The number of pyridine rings is 1. The number of benzene rings is 2. The number of rotatable bonds is 4. The predicted octanol–water partition coefficient (Wildman–Crippen LogP) is 6.05. The lowest BCUT2D eigenvalue weighted by atomic mass is 9.99. The molecule has 1 heterocycles. The minimum absolute atomic E-state index is 0.164. The molecule has 24 heavy (non-hydrogen) atoms. The summed E-state index contributed by atoms with van der Waals surface area (Å²) in [6, 6.07) is 18.4. The molecule has 1 aromatic heterocycles. The Morgan fingerprint density at radius 2 is 1.83 bits per heavy atom. The third-order valence-corrected chi connectivity index (χ3v) is 5.69. The van der Waals surface area contributed by atoms with Crippen molar-refractivity contribution >= 4 is 22.7 Å². The molecular weight excluding hydrogens is 312 g/mol. The predicted molar refractivity (Wildman–Crippen MR) is 102 cm³/mol. The van der Waals surface area contributed by atoms with Gasteiger partial charge >= 0.3 is 0 Å². The fourth-order valence-corrected chi connectivity index (χ4v) is 3.80. The number of nitrogens with zero attached hydrogens (tertiary/aromatic N) is 2. The molecule has 0 aliphatic carbocycles. The quantitative estimate of drug-likeness (QED) is 0.545. The van der Waals surface area contributed by atoms with Gasteiger partial charge in [0, 0.05) is 26.8 Å². The Balaban J connectivity index is 2.22. The third kappa shape index (κ3) is 3.29. The van der Waals surface area contributed by atoms with Gasteiger partial charge in [-0.15, -0.1) is 11.8 Å².